The van der Waals surface area contributed by atoms with E-state index >= 15 is 0 Å². The Balaban J connectivity index is 1.84. The fourth-order valence-electron chi connectivity index (χ4n) is 3.65. The summed E-state index contributed by atoms with van der Waals surface area (Å²) in [5.41, 5.74) is 1.83. The molecule has 1 amide bonds. The summed E-state index contributed by atoms with van der Waals surface area (Å²) in [6.45, 7) is 5.10. The lowest BCUT2D eigenvalue weighted by molar-refractivity contribution is -0.131. The number of methoxy groups -OCH3 is 1. The smallest absolute Gasteiger partial charge is 0.243 e. The van der Waals surface area contributed by atoms with Gasteiger partial charge in [0, 0.05) is 51.3 Å². The number of piperazine rings is 1. The number of hydrogen-bond donors (Lipinski definition) is 1. The topological polar surface area (TPSA) is 79.0 Å². The van der Waals surface area contributed by atoms with Gasteiger partial charge >= 0.3 is 0 Å². The number of carbonyl (C=O) groups excluding carboxylic acids is 1. The lowest BCUT2D eigenvalue weighted by Gasteiger charge is -2.29. The van der Waals surface area contributed by atoms with E-state index in [9.17, 15) is 13.2 Å². The van der Waals surface area contributed by atoms with Crippen molar-refractivity contribution in [1.82, 2.24) is 14.5 Å². The van der Waals surface area contributed by atoms with Crippen LogP contribution in [0.2, 0.25) is 0 Å². The second-order valence-electron chi connectivity index (χ2n) is 7.53. The minimum Gasteiger partial charge on any atom is -0.496 e. The first-order valence-corrected chi connectivity index (χ1v) is 12.1. The summed E-state index contributed by atoms with van der Waals surface area (Å²) < 4.78 is 33.7. The van der Waals surface area contributed by atoms with Gasteiger partial charge in [0.15, 0.2) is 0 Å². The van der Waals surface area contributed by atoms with E-state index in [2.05, 4.69) is 5.32 Å². The maximum atomic E-state index is 13.5. The first kappa shape index (κ1) is 23.2. The Kier molecular flexibility index (Phi) is 8.06. The first-order valence-electron chi connectivity index (χ1n) is 10.6. The summed E-state index contributed by atoms with van der Waals surface area (Å²) in [6.07, 6.45) is 0.978. The molecule has 0 saturated carbocycles. The molecule has 0 bridgehead atoms. The van der Waals surface area contributed by atoms with Crippen LogP contribution >= 0.6 is 0 Å². The zero-order valence-electron chi connectivity index (χ0n) is 18.2. The Morgan fingerprint density at radius 2 is 1.77 bits per heavy atom. The fraction of sp³-hybridized carbons (Fsp3) is 0.435. The standard InChI is InChI=1S/C23H31N3O4S/c1-3-19-8-10-21(11-9-19)31(28,29)26(18-20-6-4-5-7-22(20)30-2)15-12-23(27)25-16-13-24-14-17-25/h4-11,24H,3,12-18H2,1-2H3. The van der Waals surface area contributed by atoms with Gasteiger partial charge in [0.1, 0.15) is 5.75 Å². The third-order valence-corrected chi connectivity index (χ3v) is 7.41. The van der Waals surface area contributed by atoms with Crippen molar-refractivity contribution in [3.8, 4) is 5.75 Å². The van der Waals surface area contributed by atoms with Crippen molar-refractivity contribution in [2.45, 2.75) is 31.2 Å². The molecule has 3 rings (SSSR count). The Hall–Kier alpha value is -2.42. The average molecular weight is 446 g/mol. The highest BCUT2D eigenvalue weighted by Gasteiger charge is 2.27. The molecule has 168 valence electrons. The molecular weight excluding hydrogens is 414 g/mol. The zero-order valence-corrected chi connectivity index (χ0v) is 19.0. The molecule has 0 aromatic heterocycles. The van der Waals surface area contributed by atoms with Gasteiger partial charge in [-0.05, 0) is 30.2 Å². The van der Waals surface area contributed by atoms with Crippen LogP contribution in [0.15, 0.2) is 53.4 Å². The second kappa shape index (κ2) is 10.7. The molecule has 1 N–H and O–H groups in total. The molecule has 2 aromatic rings. The Labute approximate surface area is 185 Å². The van der Waals surface area contributed by atoms with E-state index in [4.69, 9.17) is 4.74 Å². The van der Waals surface area contributed by atoms with E-state index in [1.807, 2.05) is 43.3 Å². The monoisotopic (exact) mass is 445 g/mol. The number of nitrogens with zero attached hydrogens (tertiary/aromatic N) is 2. The highest BCUT2D eigenvalue weighted by atomic mass is 32.2. The quantitative estimate of drug-likeness (QED) is 0.641. The maximum Gasteiger partial charge on any atom is 0.243 e. The third kappa shape index (κ3) is 5.84. The van der Waals surface area contributed by atoms with Gasteiger partial charge in [-0.3, -0.25) is 4.79 Å². The molecule has 8 heteroatoms. The molecule has 1 saturated heterocycles. The summed E-state index contributed by atoms with van der Waals surface area (Å²) in [7, 11) is -2.22. The van der Waals surface area contributed by atoms with Crippen molar-refractivity contribution in [2.75, 3.05) is 39.8 Å². The maximum absolute atomic E-state index is 13.5. The summed E-state index contributed by atoms with van der Waals surface area (Å²) in [4.78, 5) is 14.7. The molecule has 7 nitrogen and oxygen atoms in total. The van der Waals surface area contributed by atoms with Crippen LogP contribution < -0.4 is 10.1 Å². The van der Waals surface area contributed by atoms with E-state index in [-0.39, 0.29) is 30.3 Å². The number of benzene rings is 2. The number of ether oxygens (including phenoxy) is 1. The second-order valence-corrected chi connectivity index (χ2v) is 9.47. The van der Waals surface area contributed by atoms with Gasteiger partial charge < -0.3 is 15.0 Å². The van der Waals surface area contributed by atoms with Crippen molar-refractivity contribution in [3.05, 3.63) is 59.7 Å². The SMILES string of the molecule is CCc1ccc(S(=O)(=O)N(CCC(=O)N2CCNCC2)Cc2ccccc2OC)cc1. The largest absolute Gasteiger partial charge is 0.496 e. The van der Waals surface area contributed by atoms with Crippen molar-refractivity contribution in [1.29, 1.82) is 0 Å². The predicted octanol–water partition coefficient (Wildman–Crippen LogP) is 2.27. The number of para-hydroxylation sites is 1. The summed E-state index contributed by atoms with van der Waals surface area (Å²) in [5.74, 6) is 0.598. The highest BCUT2D eigenvalue weighted by Crippen LogP contribution is 2.24. The molecule has 0 atom stereocenters. The number of aryl methyl sites for hydroxylation is 1. The van der Waals surface area contributed by atoms with E-state index in [1.54, 1.807) is 24.1 Å². The summed E-state index contributed by atoms with van der Waals surface area (Å²) in [6, 6.07) is 14.3. The normalized spacial score (nSPS) is 14.6. The van der Waals surface area contributed by atoms with Gasteiger partial charge in [-0.1, -0.05) is 37.3 Å². The van der Waals surface area contributed by atoms with Crippen molar-refractivity contribution >= 4 is 15.9 Å². The highest BCUT2D eigenvalue weighted by molar-refractivity contribution is 7.89. The van der Waals surface area contributed by atoms with E-state index in [0.29, 0.717) is 18.8 Å². The summed E-state index contributed by atoms with van der Waals surface area (Å²) >= 11 is 0. The predicted molar refractivity (Wildman–Crippen MR) is 120 cm³/mol. The molecule has 1 heterocycles. The molecule has 31 heavy (non-hydrogen) atoms. The molecule has 0 spiro atoms. The molecule has 0 unspecified atom stereocenters. The van der Waals surface area contributed by atoms with Crippen molar-refractivity contribution < 1.29 is 17.9 Å². The van der Waals surface area contributed by atoms with Gasteiger partial charge in [0.05, 0.1) is 12.0 Å². The van der Waals surface area contributed by atoms with Crippen LogP contribution in [0.3, 0.4) is 0 Å². The number of rotatable bonds is 9. The van der Waals surface area contributed by atoms with Crippen LogP contribution in [0.4, 0.5) is 0 Å². The lowest BCUT2D eigenvalue weighted by atomic mass is 10.2. The number of hydrogen-bond acceptors (Lipinski definition) is 5. The molecule has 1 aliphatic heterocycles. The Morgan fingerprint density at radius 3 is 2.42 bits per heavy atom. The van der Waals surface area contributed by atoms with E-state index in [0.717, 1.165) is 30.6 Å². The third-order valence-electron chi connectivity index (χ3n) is 5.55. The molecule has 1 aliphatic rings. The van der Waals surface area contributed by atoms with Crippen LogP contribution in [0.25, 0.3) is 0 Å². The lowest BCUT2D eigenvalue weighted by Crippen LogP contribution is -2.47. The van der Waals surface area contributed by atoms with Crippen LogP contribution in [-0.2, 0) is 27.8 Å². The average Bonchev–Trinajstić information content (AvgIpc) is 2.82. The Bertz CT molecular complexity index is 971. The number of sulfonamides is 1. The first-order chi connectivity index (χ1) is 15.0. The molecule has 2 aromatic carbocycles. The molecular formula is C23H31N3O4S. The van der Waals surface area contributed by atoms with Crippen LogP contribution in [0.5, 0.6) is 5.75 Å². The molecule has 0 aliphatic carbocycles. The van der Waals surface area contributed by atoms with Crippen LogP contribution in [-0.4, -0.2) is 63.4 Å². The van der Waals surface area contributed by atoms with Gasteiger partial charge in [-0.2, -0.15) is 4.31 Å². The van der Waals surface area contributed by atoms with Crippen molar-refractivity contribution in [2.24, 2.45) is 0 Å². The van der Waals surface area contributed by atoms with Gasteiger partial charge in [0.25, 0.3) is 0 Å². The van der Waals surface area contributed by atoms with Crippen LogP contribution in [0, 0.1) is 0 Å². The minimum absolute atomic E-state index is 0.0249. The van der Waals surface area contributed by atoms with Crippen LogP contribution in [0.1, 0.15) is 24.5 Å². The van der Waals surface area contributed by atoms with Gasteiger partial charge in [-0.15, -0.1) is 0 Å². The van der Waals surface area contributed by atoms with Gasteiger partial charge in [0.2, 0.25) is 15.9 Å². The van der Waals surface area contributed by atoms with Gasteiger partial charge in [-0.25, -0.2) is 8.42 Å². The Morgan fingerprint density at radius 1 is 1.10 bits per heavy atom. The molecule has 0 radical (unpaired) electrons. The number of carbonyl (C=O) groups is 1. The minimum atomic E-state index is -3.78. The number of nitrogens with one attached hydrogen (secondary N) is 1. The van der Waals surface area contributed by atoms with Crippen molar-refractivity contribution in [3.63, 3.8) is 0 Å². The fourth-order valence-corrected chi connectivity index (χ4v) is 5.07. The summed E-state index contributed by atoms with van der Waals surface area (Å²) in [5, 5.41) is 3.22. The van der Waals surface area contributed by atoms with E-state index in [1.165, 1.54) is 4.31 Å². The zero-order chi connectivity index (χ0) is 22.3. The van der Waals surface area contributed by atoms with E-state index < -0.39 is 10.0 Å². The molecule has 1 fully saturated rings. The number of amides is 1.